The number of carbonyl (C=O) groups excluding carboxylic acids is 1. The van der Waals surface area contributed by atoms with E-state index in [1.165, 1.54) is 28.6 Å². The molecular weight excluding hydrogens is 533 g/mol. The lowest BCUT2D eigenvalue weighted by molar-refractivity contribution is -0.137. The number of nitrogens with zero attached hydrogens (tertiary/aromatic N) is 4. The third-order valence-corrected chi connectivity index (χ3v) is 7.80. The van der Waals surface area contributed by atoms with Crippen molar-refractivity contribution in [2.24, 2.45) is 0 Å². The largest absolute Gasteiger partial charge is 0.417 e. The Labute approximate surface area is 216 Å². The molecule has 37 heavy (non-hydrogen) atoms. The quantitative estimate of drug-likeness (QED) is 0.477. The summed E-state index contributed by atoms with van der Waals surface area (Å²) in [5.74, 6) is 0.170. The van der Waals surface area contributed by atoms with Crippen molar-refractivity contribution in [3.8, 4) is 0 Å². The number of anilines is 2. The molecule has 2 N–H and O–H groups in total. The van der Waals surface area contributed by atoms with Gasteiger partial charge in [0, 0.05) is 57.0 Å². The molecule has 1 aliphatic rings. The molecule has 1 fully saturated rings. The number of alkyl halides is 3. The number of halogens is 4. The van der Waals surface area contributed by atoms with Crippen molar-refractivity contribution in [1.29, 1.82) is 0 Å². The van der Waals surface area contributed by atoms with E-state index in [-0.39, 0.29) is 48.5 Å². The first-order chi connectivity index (χ1) is 17.5. The summed E-state index contributed by atoms with van der Waals surface area (Å²) in [5.41, 5.74) is 0.289. The highest BCUT2D eigenvalue weighted by Crippen LogP contribution is 2.34. The second-order valence-corrected chi connectivity index (χ2v) is 10.5. The number of sulfonamides is 1. The molecule has 14 heteroatoms. The van der Waals surface area contributed by atoms with Crippen molar-refractivity contribution in [3.05, 3.63) is 77.2 Å². The molecule has 2 aromatic heterocycles. The second kappa shape index (κ2) is 10.9. The second-order valence-electron chi connectivity index (χ2n) is 8.11. The Morgan fingerprint density at radius 3 is 2.35 bits per heavy atom. The normalized spacial score (nSPS) is 14.9. The standard InChI is InChI=1S/C23H22ClF3N6O3S/c24-20-12-17(23(25,26)27)15-29-21(20)32-8-10-33(11-9-32)37(35,36)19-5-3-18(4-6-19)31-22(34)30-14-16-2-1-7-28-13-16/h1-7,12-13,15H,8-11,14H2,(H2,30,31,34). The third kappa shape index (κ3) is 6.48. The predicted molar refractivity (Wildman–Crippen MR) is 132 cm³/mol. The third-order valence-electron chi connectivity index (χ3n) is 5.61. The van der Waals surface area contributed by atoms with E-state index in [9.17, 15) is 26.4 Å². The van der Waals surface area contributed by atoms with Crippen molar-refractivity contribution < 1.29 is 26.4 Å². The van der Waals surface area contributed by atoms with Crippen molar-refractivity contribution in [2.45, 2.75) is 17.6 Å². The van der Waals surface area contributed by atoms with Crippen LogP contribution in [0.1, 0.15) is 11.1 Å². The SMILES string of the molecule is O=C(NCc1cccnc1)Nc1ccc(S(=O)(=O)N2CCN(c3ncc(C(F)(F)F)cc3Cl)CC2)cc1. The summed E-state index contributed by atoms with van der Waals surface area (Å²) in [4.78, 5) is 21.6. The number of amides is 2. The van der Waals surface area contributed by atoms with Gasteiger partial charge in [0.1, 0.15) is 5.82 Å². The van der Waals surface area contributed by atoms with E-state index >= 15 is 0 Å². The molecule has 0 unspecified atom stereocenters. The molecule has 0 spiro atoms. The van der Waals surface area contributed by atoms with Crippen molar-refractivity contribution >= 4 is 39.2 Å². The van der Waals surface area contributed by atoms with E-state index in [1.807, 2.05) is 6.07 Å². The number of rotatable bonds is 6. The number of carbonyl (C=O) groups is 1. The van der Waals surface area contributed by atoms with Crippen LogP contribution in [0.15, 0.2) is 66.0 Å². The smallest absolute Gasteiger partial charge is 0.353 e. The van der Waals surface area contributed by atoms with Crippen LogP contribution >= 0.6 is 11.6 Å². The molecule has 0 bridgehead atoms. The molecule has 0 saturated carbocycles. The Kier molecular flexibility index (Phi) is 7.85. The highest BCUT2D eigenvalue weighted by molar-refractivity contribution is 7.89. The Morgan fingerprint density at radius 2 is 1.76 bits per heavy atom. The van der Waals surface area contributed by atoms with Crippen LogP contribution in [0.4, 0.5) is 29.5 Å². The summed E-state index contributed by atoms with van der Waals surface area (Å²) in [6, 6.07) is 9.69. The van der Waals surface area contributed by atoms with E-state index in [0.29, 0.717) is 11.9 Å². The summed E-state index contributed by atoms with van der Waals surface area (Å²) in [7, 11) is -3.83. The van der Waals surface area contributed by atoms with Crippen LogP contribution in [0, 0.1) is 0 Å². The lowest BCUT2D eigenvalue weighted by Gasteiger charge is -2.35. The topological polar surface area (TPSA) is 108 Å². The van der Waals surface area contributed by atoms with Gasteiger partial charge in [0.2, 0.25) is 10.0 Å². The number of hydrogen-bond acceptors (Lipinski definition) is 6. The van der Waals surface area contributed by atoms with Gasteiger partial charge in [0.25, 0.3) is 0 Å². The number of urea groups is 1. The van der Waals surface area contributed by atoms with E-state index in [4.69, 9.17) is 11.6 Å². The first-order valence-electron chi connectivity index (χ1n) is 11.1. The molecule has 0 atom stereocenters. The minimum Gasteiger partial charge on any atom is -0.353 e. The first kappa shape index (κ1) is 26.6. The monoisotopic (exact) mass is 554 g/mol. The highest BCUT2D eigenvalue weighted by Gasteiger charge is 2.33. The average molecular weight is 555 g/mol. The van der Waals surface area contributed by atoms with Gasteiger partial charge in [-0.1, -0.05) is 17.7 Å². The molecular formula is C23H22ClF3N6O3S. The maximum Gasteiger partial charge on any atom is 0.417 e. The number of piperazine rings is 1. The number of pyridine rings is 2. The van der Waals surface area contributed by atoms with Crippen LogP contribution in [0.3, 0.4) is 0 Å². The van der Waals surface area contributed by atoms with Gasteiger partial charge in [-0.25, -0.2) is 18.2 Å². The number of aromatic nitrogens is 2. The Morgan fingerprint density at radius 1 is 1.05 bits per heavy atom. The summed E-state index contributed by atoms with van der Waals surface area (Å²) in [5, 5.41) is 5.17. The zero-order chi connectivity index (χ0) is 26.6. The molecule has 9 nitrogen and oxygen atoms in total. The number of nitrogens with one attached hydrogen (secondary N) is 2. The summed E-state index contributed by atoms with van der Waals surface area (Å²) < 4.78 is 66.0. The molecule has 196 valence electrons. The fraction of sp³-hybridized carbons (Fsp3) is 0.261. The molecule has 0 aliphatic carbocycles. The van der Waals surface area contributed by atoms with Crippen LogP contribution in [0.5, 0.6) is 0 Å². The first-order valence-corrected chi connectivity index (χ1v) is 12.9. The maximum atomic E-state index is 13.1. The van der Waals surface area contributed by atoms with Crippen LogP contribution in [0.2, 0.25) is 5.02 Å². The predicted octanol–water partition coefficient (Wildman–Crippen LogP) is 3.98. The van der Waals surface area contributed by atoms with E-state index in [2.05, 4.69) is 20.6 Å². The van der Waals surface area contributed by atoms with Gasteiger partial charge in [-0.15, -0.1) is 0 Å². The molecule has 0 radical (unpaired) electrons. The zero-order valence-electron chi connectivity index (χ0n) is 19.2. The van der Waals surface area contributed by atoms with Gasteiger partial charge in [0.15, 0.2) is 0 Å². The minimum absolute atomic E-state index is 0.0490. The molecule has 1 saturated heterocycles. The molecule has 2 amide bonds. The van der Waals surface area contributed by atoms with Crippen LogP contribution < -0.4 is 15.5 Å². The molecule has 3 aromatic rings. The Balaban J connectivity index is 1.33. The van der Waals surface area contributed by atoms with Crippen molar-refractivity contribution in [3.63, 3.8) is 0 Å². The molecule has 4 rings (SSSR count). The summed E-state index contributed by atoms with van der Waals surface area (Å²) >= 11 is 6.02. The lowest BCUT2D eigenvalue weighted by atomic mass is 10.2. The van der Waals surface area contributed by atoms with Crippen LogP contribution in [0.25, 0.3) is 0 Å². The summed E-state index contributed by atoms with van der Waals surface area (Å²) in [6.45, 7) is 0.879. The van der Waals surface area contributed by atoms with E-state index in [0.717, 1.165) is 11.6 Å². The number of benzene rings is 1. The highest BCUT2D eigenvalue weighted by atomic mass is 35.5. The molecule has 1 aromatic carbocycles. The van der Waals surface area contributed by atoms with E-state index < -0.39 is 27.8 Å². The van der Waals surface area contributed by atoms with Gasteiger partial charge in [-0.05, 0) is 42.0 Å². The Bertz CT molecular complexity index is 1350. The molecule has 3 heterocycles. The van der Waals surface area contributed by atoms with Gasteiger partial charge in [-0.3, -0.25) is 4.98 Å². The average Bonchev–Trinajstić information content (AvgIpc) is 2.88. The Hall–Kier alpha value is -3.42. The van der Waals surface area contributed by atoms with Crippen molar-refractivity contribution in [1.82, 2.24) is 19.6 Å². The zero-order valence-corrected chi connectivity index (χ0v) is 20.8. The lowest BCUT2D eigenvalue weighted by Crippen LogP contribution is -2.49. The van der Waals surface area contributed by atoms with Gasteiger partial charge in [-0.2, -0.15) is 17.5 Å². The molecule has 1 aliphatic heterocycles. The number of hydrogen-bond donors (Lipinski definition) is 2. The van der Waals surface area contributed by atoms with E-state index in [1.54, 1.807) is 23.4 Å². The van der Waals surface area contributed by atoms with Crippen molar-refractivity contribution in [2.75, 3.05) is 36.4 Å². The van der Waals surface area contributed by atoms with Crippen LogP contribution in [-0.4, -0.2) is 54.9 Å². The maximum absolute atomic E-state index is 13.1. The summed E-state index contributed by atoms with van der Waals surface area (Å²) in [6.07, 6.45) is -0.588. The van der Waals surface area contributed by atoms with Gasteiger partial charge in [0.05, 0.1) is 15.5 Å². The van der Waals surface area contributed by atoms with Crippen LogP contribution in [-0.2, 0) is 22.7 Å². The van der Waals surface area contributed by atoms with Gasteiger partial charge < -0.3 is 15.5 Å². The van der Waals surface area contributed by atoms with Gasteiger partial charge >= 0.3 is 12.2 Å². The fourth-order valence-electron chi connectivity index (χ4n) is 3.68. The fourth-order valence-corrected chi connectivity index (χ4v) is 5.39. The minimum atomic E-state index is -4.56.